The van der Waals surface area contributed by atoms with Crippen LogP contribution in [0.5, 0.6) is 0 Å². The second-order valence-electron chi connectivity index (χ2n) is 5.75. The van der Waals surface area contributed by atoms with E-state index in [0.717, 1.165) is 30.6 Å². The van der Waals surface area contributed by atoms with E-state index in [9.17, 15) is 4.79 Å². The van der Waals surface area contributed by atoms with Gasteiger partial charge in [-0.05, 0) is 38.0 Å². The summed E-state index contributed by atoms with van der Waals surface area (Å²) in [6.07, 6.45) is 2.19. The smallest absolute Gasteiger partial charge is 0.240 e. The summed E-state index contributed by atoms with van der Waals surface area (Å²) in [7, 11) is 0. The number of carbonyl (C=O) groups excluding carboxylic acids is 1. The molecule has 1 aliphatic heterocycles. The molecule has 1 saturated heterocycles. The van der Waals surface area contributed by atoms with Gasteiger partial charge in [0.05, 0.1) is 6.10 Å². The predicted molar refractivity (Wildman–Crippen MR) is 89.6 cm³/mol. The summed E-state index contributed by atoms with van der Waals surface area (Å²) in [6.45, 7) is 3.49. The normalized spacial score (nSPS) is 17.3. The lowest BCUT2D eigenvalue weighted by Crippen LogP contribution is -2.34. The summed E-state index contributed by atoms with van der Waals surface area (Å²) < 4.78 is 7.66. The first-order valence-electron chi connectivity index (χ1n) is 7.74. The molecule has 6 nitrogen and oxygen atoms in total. The third-order valence-electron chi connectivity index (χ3n) is 3.89. The van der Waals surface area contributed by atoms with Gasteiger partial charge in [0.2, 0.25) is 5.91 Å². The molecule has 3 rings (SSSR count). The van der Waals surface area contributed by atoms with Gasteiger partial charge in [-0.2, -0.15) is 5.10 Å². The minimum atomic E-state index is -0.0908. The van der Waals surface area contributed by atoms with Crippen molar-refractivity contribution in [2.45, 2.75) is 32.4 Å². The molecule has 1 atom stereocenters. The van der Waals surface area contributed by atoms with Gasteiger partial charge in [-0.25, -0.2) is 0 Å². The van der Waals surface area contributed by atoms with Gasteiger partial charge < -0.3 is 10.1 Å². The molecule has 1 aromatic heterocycles. The first kappa shape index (κ1) is 15.9. The Bertz CT molecular complexity index is 747. The molecule has 0 bridgehead atoms. The van der Waals surface area contributed by atoms with E-state index in [4.69, 9.17) is 17.0 Å². The van der Waals surface area contributed by atoms with Crippen LogP contribution in [-0.2, 0) is 16.1 Å². The average molecular weight is 332 g/mol. The number of hydrogen-bond donors (Lipinski definition) is 2. The third-order valence-corrected chi connectivity index (χ3v) is 4.20. The molecule has 0 aliphatic carbocycles. The summed E-state index contributed by atoms with van der Waals surface area (Å²) in [4.78, 5) is 12.2. The number of aromatic nitrogens is 3. The largest absolute Gasteiger partial charge is 0.376 e. The van der Waals surface area contributed by atoms with Crippen molar-refractivity contribution in [3.8, 4) is 11.4 Å². The maximum atomic E-state index is 12.2. The van der Waals surface area contributed by atoms with Crippen LogP contribution in [0.15, 0.2) is 24.3 Å². The number of ether oxygens (including phenoxy) is 1. The van der Waals surface area contributed by atoms with Crippen molar-refractivity contribution in [3.05, 3.63) is 34.6 Å². The second-order valence-corrected chi connectivity index (χ2v) is 6.13. The number of aryl methyl sites for hydroxylation is 1. The Morgan fingerprint density at radius 3 is 3.17 bits per heavy atom. The van der Waals surface area contributed by atoms with Crippen LogP contribution in [0.3, 0.4) is 0 Å². The van der Waals surface area contributed by atoms with Crippen molar-refractivity contribution in [2.24, 2.45) is 0 Å². The Balaban J connectivity index is 1.71. The molecule has 122 valence electrons. The highest BCUT2D eigenvalue weighted by Gasteiger charge is 2.17. The molecule has 2 aromatic rings. The number of hydrogen-bond acceptors (Lipinski definition) is 4. The Labute approximate surface area is 139 Å². The molecule has 1 amide bonds. The van der Waals surface area contributed by atoms with E-state index in [1.165, 1.54) is 0 Å². The van der Waals surface area contributed by atoms with Gasteiger partial charge in [0, 0.05) is 18.7 Å². The average Bonchev–Trinajstić information content (AvgIpc) is 3.16. The van der Waals surface area contributed by atoms with Crippen molar-refractivity contribution >= 4 is 18.1 Å². The summed E-state index contributed by atoms with van der Waals surface area (Å²) in [5, 5.41) is 9.94. The zero-order valence-corrected chi connectivity index (χ0v) is 13.9. The molecule has 2 heterocycles. The van der Waals surface area contributed by atoms with E-state index in [2.05, 4.69) is 15.5 Å². The monoisotopic (exact) mass is 332 g/mol. The highest BCUT2D eigenvalue weighted by Crippen LogP contribution is 2.18. The number of nitrogens with one attached hydrogen (secondary N) is 2. The predicted octanol–water partition coefficient (Wildman–Crippen LogP) is 2.21. The number of aromatic amines is 1. The van der Waals surface area contributed by atoms with Crippen molar-refractivity contribution < 1.29 is 9.53 Å². The maximum absolute atomic E-state index is 12.2. The summed E-state index contributed by atoms with van der Waals surface area (Å²) >= 11 is 5.26. The Morgan fingerprint density at radius 1 is 1.57 bits per heavy atom. The fourth-order valence-electron chi connectivity index (χ4n) is 2.70. The molecule has 1 aliphatic rings. The lowest BCUT2D eigenvalue weighted by Gasteiger charge is -2.12. The van der Waals surface area contributed by atoms with Crippen LogP contribution in [0.1, 0.15) is 18.4 Å². The van der Waals surface area contributed by atoms with Crippen molar-refractivity contribution in [1.82, 2.24) is 20.1 Å². The molecule has 1 fully saturated rings. The van der Waals surface area contributed by atoms with Crippen LogP contribution in [0, 0.1) is 11.7 Å². The van der Waals surface area contributed by atoms with Crippen molar-refractivity contribution in [2.75, 3.05) is 13.2 Å². The van der Waals surface area contributed by atoms with Gasteiger partial charge in [-0.15, -0.1) is 0 Å². The van der Waals surface area contributed by atoms with E-state index in [-0.39, 0.29) is 18.6 Å². The van der Waals surface area contributed by atoms with Gasteiger partial charge in [0.25, 0.3) is 0 Å². The van der Waals surface area contributed by atoms with Crippen LogP contribution in [0.25, 0.3) is 11.4 Å². The highest BCUT2D eigenvalue weighted by molar-refractivity contribution is 7.71. The zero-order chi connectivity index (χ0) is 16.2. The number of H-pyrrole nitrogens is 1. The van der Waals surface area contributed by atoms with Crippen LogP contribution in [-0.4, -0.2) is 39.9 Å². The van der Waals surface area contributed by atoms with Crippen LogP contribution in [0.4, 0.5) is 0 Å². The molecule has 7 heteroatoms. The lowest BCUT2D eigenvalue weighted by atomic mass is 10.1. The first-order chi connectivity index (χ1) is 11.1. The van der Waals surface area contributed by atoms with Crippen molar-refractivity contribution in [1.29, 1.82) is 0 Å². The summed E-state index contributed by atoms with van der Waals surface area (Å²) in [5.41, 5.74) is 2.06. The maximum Gasteiger partial charge on any atom is 0.240 e. The number of amides is 1. The van der Waals surface area contributed by atoms with E-state index < -0.39 is 0 Å². The number of benzene rings is 1. The molecule has 1 unspecified atom stereocenters. The molecule has 1 aromatic carbocycles. The third kappa shape index (κ3) is 3.86. The number of carbonyl (C=O) groups is 1. The minimum Gasteiger partial charge on any atom is -0.376 e. The fourth-order valence-corrected chi connectivity index (χ4v) is 2.90. The molecular formula is C16H20N4O2S. The molecule has 0 radical (unpaired) electrons. The molecular weight excluding hydrogens is 312 g/mol. The standard InChI is InChI=1S/C16H20N4O2S/c1-11-4-2-5-12(8-11)15-18-19-16(23)20(15)10-14(21)17-9-13-6-3-7-22-13/h2,4-5,8,13H,3,6-7,9-10H2,1H3,(H,17,21)(H,19,23). The van der Waals surface area contributed by atoms with Crippen LogP contribution >= 0.6 is 12.2 Å². The van der Waals surface area contributed by atoms with E-state index >= 15 is 0 Å². The summed E-state index contributed by atoms with van der Waals surface area (Å²) in [5.74, 6) is 0.581. The van der Waals surface area contributed by atoms with E-state index in [0.29, 0.717) is 17.1 Å². The lowest BCUT2D eigenvalue weighted by molar-refractivity contribution is -0.122. The van der Waals surface area contributed by atoms with Gasteiger partial charge in [-0.3, -0.25) is 14.5 Å². The van der Waals surface area contributed by atoms with Gasteiger partial charge in [0.15, 0.2) is 10.6 Å². The van der Waals surface area contributed by atoms with Gasteiger partial charge in [0.1, 0.15) is 6.54 Å². The fraction of sp³-hybridized carbons (Fsp3) is 0.438. The summed E-state index contributed by atoms with van der Waals surface area (Å²) in [6, 6.07) is 7.96. The highest BCUT2D eigenvalue weighted by atomic mass is 32.1. The SMILES string of the molecule is Cc1cccc(-c2n[nH]c(=S)n2CC(=O)NCC2CCCO2)c1. The topological polar surface area (TPSA) is 71.9 Å². The van der Waals surface area contributed by atoms with Gasteiger partial charge in [-0.1, -0.05) is 23.8 Å². The minimum absolute atomic E-state index is 0.0908. The zero-order valence-electron chi connectivity index (χ0n) is 13.0. The van der Waals surface area contributed by atoms with Crippen molar-refractivity contribution in [3.63, 3.8) is 0 Å². The Kier molecular flexibility index (Phi) is 4.88. The van der Waals surface area contributed by atoms with Gasteiger partial charge >= 0.3 is 0 Å². The Hall–Kier alpha value is -1.99. The molecule has 2 N–H and O–H groups in total. The molecule has 0 spiro atoms. The second kappa shape index (κ2) is 7.06. The molecule has 0 saturated carbocycles. The van der Waals surface area contributed by atoms with E-state index in [1.807, 2.05) is 31.2 Å². The number of rotatable bonds is 5. The molecule has 23 heavy (non-hydrogen) atoms. The van der Waals surface area contributed by atoms with Crippen LogP contribution < -0.4 is 5.32 Å². The first-order valence-corrected chi connectivity index (χ1v) is 8.15. The van der Waals surface area contributed by atoms with Crippen LogP contribution in [0.2, 0.25) is 0 Å². The number of nitrogens with zero attached hydrogens (tertiary/aromatic N) is 2. The quantitative estimate of drug-likeness (QED) is 0.824. The van der Waals surface area contributed by atoms with E-state index in [1.54, 1.807) is 4.57 Å². The Morgan fingerprint density at radius 2 is 2.43 bits per heavy atom.